The third kappa shape index (κ3) is 5.19. The molecular weight excluding hydrogens is 497 g/mol. The van der Waals surface area contributed by atoms with E-state index in [1.165, 1.54) is 32.3 Å². The quantitative estimate of drug-likeness (QED) is 0.284. The normalized spacial score (nSPS) is 17.3. The third-order valence-electron chi connectivity index (χ3n) is 5.42. The highest BCUT2D eigenvalue weighted by Crippen LogP contribution is 2.47. The molecule has 1 fully saturated rings. The van der Waals surface area contributed by atoms with Gasteiger partial charge >= 0.3 is 0 Å². The summed E-state index contributed by atoms with van der Waals surface area (Å²) in [4.78, 5) is 27.6. The lowest BCUT2D eigenvalue weighted by Crippen LogP contribution is -2.32. The summed E-state index contributed by atoms with van der Waals surface area (Å²) in [6.45, 7) is 4.09. The molecule has 0 bridgehead atoms. The van der Waals surface area contributed by atoms with E-state index < -0.39 is 23.5 Å². The molecule has 1 aliphatic rings. The van der Waals surface area contributed by atoms with Crippen LogP contribution in [-0.4, -0.2) is 62.3 Å². The maximum atomic E-state index is 13.2. The molecule has 10 heteroatoms. The summed E-state index contributed by atoms with van der Waals surface area (Å²) in [6.07, 6.45) is -0.0852. The van der Waals surface area contributed by atoms with Crippen LogP contribution in [0.25, 0.3) is 5.76 Å². The molecule has 1 unspecified atom stereocenters. The number of hydrogen-bond donors (Lipinski definition) is 1. The summed E-state index contributed by atoms with van der Waals surface area (Å²) < 4.78 is 21.6. The Labute approximate surface area is 213 Å². The molecule has 0 spiro atoms. The molecular formula is C25H27Cl2NO7. The van der Waals surface area contributed by atoms with Gasteiger partial charge in [0.15, 0.2) is 11.5 Å². The van der Waals surface area contributed by atoms with Crippen molar-refractivity contribution in [2.75, 3.05) is 34.5 Å². The molecule has 0 aromatic heterocycles. The fourth-order valence-corrected chi connectivity index (χ4v) is 4.66. The zero-order chi connectivity index (χ0) is 25.9. The van der Waals surface area contributed by atoms with Crippen LogP contribution in [-0.2, 0) is 14.3 Å². The van der Waals surface area contributed by atoms with Gasteiger partial charge < -0.3 is 29.0 Å². The Morgan fingerprint density at radius 1 is 1.09 bits per heavy atom. The Bertz CT molecular complexity index is 1160. The van der Waals surface area contributed by atoms with Crippen LogP contribution in [0.1, 0.15) is 31.0 Å². The number of halogens is 2. The maximum Gasteiger partial charge on any atom is 0.295 e. The number of carbonyl (C=O) groups is 2. The van der Waals surface area contributed by atoms with E-state index in [0.717, 1.165) is 0 Å². The molecule has 1 atom stereocenters. The minimum Gasteiger partial charge on any atom is -0.507 e. The molecule has 1 amide bonds. The molecule has 35 heavy (non-hydrogen) atoms. The first-order valence-corrected chi connectivity index (χ1v) is 11.6. The second kappa shape index (κ2) is 11.2. The second-order valence-corrected chi connectivity index (χ2v) is 8.80. The number of Topliss-reactive ketones (excluding diaryl/α,β-unsaturated/α-hetero) is 1. The first kappa shape index (κ1) is 26.7. The van der Waals surface area contributed by atoms with E-state index in [-0.39, 0.29) is 51.9 Å². The van der Waals surface area contributed by atoms with Crippen molar-refractivity contribution in [1.82, 2.24) is 4.90 Å². The number of carbonyl (C=O) groups excluding carboxylic acids is 2. The number of amides is 1. The van der Waals surface area contributed by atoms with Crippen molar-refractivity contribution in [3.8, 4) is 17.2 Å². The topological polar surface area (TPSA) is 94.5 Å². The van der Waals surface area contributed by atoms with Crippen molar-refractivity contribution >= 4 is 40.7 Å². The highest BCUT2D eigenvalue weighted by molar-refractivity contribution is 6.47. The van der Waals surface area contributed by atoms with Gasteiger partial charge in [-0.2, -0.15) is 0 Å². The van der Waals surface area contributed by atoms with Crippen LogP contribution in [0.15, 0.2) is 35.9 Å². The van der Waals surface area contributed by atoms with Crippen molar-refractivity contribution in [3.05, 3.63) is 57.1 Å². The molecule has 0 aliphatic carbocycles. The number of benzene rings is 2. The van der Waals surface area contributed by atoms with E-state index in [4.69, 9.17) is 42.1 Å². The van der Waals surface area contributed by atoms with E-state index in [0.29, 0.717) is 11.3 Å². The Morgan fingerprint density at radius 2 is 1.77 bits per heavy atom. The zero-order valence-corrected chi connectivity index (χ0v) is 21.6. The van der Waals surface area contributed by atoms with Crippen molar-refractivity contribution in [2.45, 2.75) is 26.0 Å². The van der Waals surface area contributed by atoms with E-state index in [1.54, 1.807) is 24.3 Å². The summed E-state index contributed by atoms with van der Waals surface area (Å²) in [5.41, 5.74) is 0.487. The smallest absolute Gasteiger partial charge is 0.295 e. The summed E-state index contributed by atoms with van der Waals surface area (Å²) in [6, 6.07) is 7.47. The van der Waals surface area contributed by atoms with Gasteiger partial charge in [0, 0.05) is 13.7 Å². The highest BCUT2D eigenvalue weighted by atomic mass is 35.5. The van der Waals surface area contributed by atoms with E-state index >= 15 is 0 Å². The molecule has 2 aromatic carbocycles. The van der Waals surface area contributed by atoms with Crippen molar-refractivity contribution < 1.29 is 33.6 Å². The van der Waals surface area contributed by atoms with Crippen LogP contribution < -0.4 is 14.2 Å². The summed E-state index contributed by atoms with van der Waals surface area (Å²) in [5, 5.41) is 11.5. The minimum atomic E-state index is -0.912. The van der Waals surface area contributed by atoms with Crippen LogP contribution in [0.2, 0.25) is 10.0 Å². The van der Waals surface area contributed by atoms with Gasteiger partial charge in [0.2, 0.25) is 0 Å². The van der Waals surface area contributed by atoms with Crippen LogP contribution >= 0.6 is 23.2 Å². The fraction of sp³-hybridized carbons (Fsp3) is 0.360. The summed E-state index contributed by atoms with van der Waals surface area (Å²) in [5.74, 6) is -1.35. The molecule has 1 N–H and O–H groups in total. The van der Waals surface area contributed by atoms with Crippen LogP contribution in [0.4, 0.5) is 0 Å². The lowest BCUT2D eigenvalue weighted by Gasteiger charge is -2.26. The summed E-state index contributed by atoms with van der Waals surface area (Å²) in [7, 11) is 4.24. The number of nitrogens with zero attached hydrogens (tertiary/aromatic N) is 1. The molecule has 2 aromatic rings. The predicted octanol–water partition coefficient (Wildman–Crippen LogP) is 4.87. The number of aliphatic hydroxyl groups is 1. The molecule has 1 heterocycles. The van der Waals surface area contributed by atoms with Crippen molar-refractivity contribution in [1.29, 1.82) is 0 Å². The van der Waals surface area contributed by atoms with E-state index in [2.05, 4.69) is 0 Å². The SMILES string of the molecule is COCCN1C(=O)C(=O)/C(=C(/O)c2cc(Cl)c(OC)c(Cl)c2OC)C1c1cccc(OC(C)C)c1. The molecule has 0 saturated carbocycles. The standard InChI is InChI=1S/C25H27Cl2NO7/c1-13(2)35-15-8-6-7-14(11-15)20-18(22(30)25(31)28(20)9-10-32-3)21(29)16-12-17(26)24(34-5)19(27)23(16)33-4/h6-8,11-13,20,29H,9-10H2,1-5H3/b21-18+. The van der Waals surface area contributed by atoms with Crippen molar-refractivity contribution in [2.24, 2.45) is 0 Å². The highest BCUT2D eigenvalue weighted by Gasteiger charge is 2.46. The number of aliphatic hydroxyl groups excluding tert-OH is 1. The predicted molar refractivity (Wildman–Crippen MR) is 133 cm³/mol. The van der Waals surface area contributed by atoms with Gasteiger partial charge in [0.1, 0.15) is 16.5 Å². The number of likely N-dealkylation sites (tertiary alicyclic amines) is 1. The molecule has 3 rings (SSSR count). The van der Waals surface area contributed by atoms with Gasteiger partial charge in [-0.25, -0.2) is 0 Å². The third-order valence-corrected chi connectivity index (χ3v) is 6.04. The lowest BCUT2D eigenvalue weighted by molar-refractivity contribution is -0.140. The molecule has 8 nitrogen and oxygen atoms in total. The maximum absolute atomic E-state index is 13.2. The van der Waals surface area contributed by atoms with Gasteiger partial charge in [-0.1, -0.05) is 35.3 Å². The van der Waals surface area contributed by atoms with Crippen molar-refractivity contribution in [3.63, 3.8) is 0 Å². The largest absolute Gasteiger partial charge is 0.507 e. The summed E-state index contributed by atoms with van der Waals surface area (Å²) >= 11 is 12.7. The fourth-order valence-electron chi connectivity index (χ4n) is 3.97. The average Bonchev–Trinajstić information content (AvgIpc) is 3.06. The van der Waals surface area contributed by atoms with Gasteiger partial charge in [0.25, 0.3) is 11.7 Å². The Balaban J connectivity index is 2.27. The van der Waals surface area contributed by atoms with Crippen LogP contribution in [0, 0.1) is 0 Å². The van der Waals surface area contributed by atoms with Crippen LogP contribution in [0.3, 0.4) is 0 Å². The second-order valence-electron chi connectivity index (χ2n) is 8.01. The van der Waals surface area contributed by atoms with E-state index in [1.807, 2.05) is 13.8 Å². The monoisotopic (exact) mass is 523 g/mol. The Kier molecular flexibility index (Phi) is 8.53. The van der Waals surface area contributed by atoms with Gasteiger partial charge in [-0.05, 0) is 37.6 Å². The number of ether oxygens (including phenoxy) is 4. The minimum absolute atomic E-state index is 0.0153. The number of methoxy groups -OCH3 is 3. The van der Waals surface area contributed by atoms with Gasteiger partial charge in [0.05, 0.1) is 49.1 Å². The average molecular weight is 524 g/mol. The number of rotatable bonds is 9. The molecule has 188 valence electrons. The molecule has 0 radical (unpaired) electrons. The Hall–Kier alpha value is -2.94. The molecule has 1 saturated heterocycles. The van der Waals surface area contributed by atoms with Crippen LogP contribution in [0.5, 0.6) is 17.2 Å². The lowest BCUT2D eigenvalue weighted by atomic mass is 9.94. The first-order chi connectivity index (χ1) is 16.7. The van der Waals surface area contributed by atoms with E-state index in [9.17, 15) is 14.7 Å². The zero-order valence-electron chi connectivity index (χ0n) is 20.1. The first-order valence-electron chi connectivity index (χ1n) is 10.8. The number of ketones is 1. The van der Waals surface area contributed by atoms with Gasteiger partial charge in [-0.15, -0.1) is 0 Å². The molecule has 1 aliphatic heterocycles. The van der Waals surface area contributed by atoms with Gasteiger partial charge in [-0.3, -0.25) is 9.59 Å². The number of hydrogen-bond acceptors (Lipinski definition) is 7. The Morgan fingerprint density at radius 3 is 2.37 bits per heavy atom.